The molecule has 3 rings (SSSR count). The molecule has 0 aliphatic heterocycles. The van der Waals surface area contributed by atoms with Crippen LogP contribution in [0.5, 0.6) is 0 Å². The van der Waals surface area contributed by atoms with Crippen LogP contribution in [-0.4, -0.2) is 35.3 Å². The SMILES string of the molecule is CN(CCc1ccncc1)C(=O)C1CC1C(=O)Nc1c(Cl)cccc1Cl. The summed E-state index contributed by atoms with van der Waals surface area (Å²) in [7, 11) is 1.77. The molecule has 0 bridgehead atoms. The average molecular weight is 392 g/mol. The van der Waals surface area contributed by atoms with Gasteiger partial charge in [0.2, 0.25) is 11.8 Å². The summed E-state index contributed by atoms with van der Waals surface area (Å²) in [6.45, 7) is 0.601. The van der Waals surface area contributed by atoms with E-state index >= 15 is 0 Å². The minimum Gasteiger partial charge on any atom is -0.345 e. The van der Waals surface area contributed by atoms with E-state index < -0.39 is 0 Å². The Balaban J connectivity index is 1.52. The van der Waals surface area contributed by atoms with Crippen molar-refractivity contribution in [2.45, 2.75) is 12.8 Å². The average Bonchev–Trinajstić information content (AvgIpc) is 3.44. The van der Waals surface area contributed by atoms with E-state index in [4.69, 9.17) is 23.2 Å². The van der Waals surface area contributed by atoms with Gasteiger partial charge in [-0.1, -0.05) is 29.3 Å². The van der Waals surface area contributed by atoms with Crippen LogP contribution in [0.4, 0.5) is 5.69 Å². The van der Waals surface area contributed by atoms with Gasteiger partial charge in [0.25, 0.3) is 0 Å². The Kier molecular flexibility index (Phi) is 5.79. The van der Waals surface area contributed by atoms with Gasteiger partial charge in [0.15, 0.2) is 0 Å². The molecule has 26 heavy (non-hydrogen) atoms. The highest BCUT2D eigenvalue weighted by Gasteiger charge is 2.49. The molecule has 2 atom stereocenters. The second kappa shape index (κ2) is 8.06. The maximum atomic E-state index is 12.5. The molecular weight excluding hydrogens is 373 g/mol. The maximum Gasteiger partial charge on any atom is 0.228 e. The zero-order chi connectivity index (χ0) is 18.7. The lowest BCUT2D eigenvalue weighted by molar-refractivity contribution is -0.132. The third-order valence-corrected chi connectivity index (χ3v) is 5.15. The number of likely N-dealkylation sites (N-methyl/N-ethyl adjacent to an activating group) is 1. The molecule has 0 spiro atoms. The summed E-state index contributed by atoms with van der Waals surface area (Å²) in [5, 5.41) is 3.50. The van der Waals surface area contributed by atoms with Gasteiger partial charge in [-0.05, 0) is 42.7 Å². The van der Waals surface area contributed by atoms with Gasteiger partial charge >= 0.3 is 0 Å². The molecule has 2 unspecified atom stereocenters. The summed E-state index contributed by atoms with van der Waals surface area (Å²) in [6, 6.07) is 8.89. The summed E-state index contributed by atoms with van der Waals surface area (Å²) in [4.78, 5) is 30.6. The van der Waals surface area contributed by atoms with Crippen LogP contribution in [0.1, 0.15) is 12.0 Å². The van der Waals surface area contributed by atoms with Crippen molar-refractivity contribution in [1.29, 1.82) is 0 Å². The van der Waals surface area contributed by atoms with Crippen LogP contribution in [-0.2, 0) is 16.0 Å². The van der Waals surface area contributed by atoms with Crippen molar-refractivity contribution in [3.8, 4) is 0 Å². The van der Waals surface area contributed by atoms with Gasteiger partial charge in [-0.2, -0.15) is 0 Å². The number of anilines is 1. The number of pyridine rings is 1. The third kappa shape index (κ3) is 4.34. The molecule has 1 N–H and O–H groups in total. The number of amides is 2. The maximum absolute atomic E-state index is 12.5. The molecule has 1 aliphatic rings. The van der Waals surface area contributed by atoms with E-state index in [1.807, 2.05) is 12.1 Å². The van der Waals surface area contributed by atoms with Crippen molar-refractivity contribution in [3.05, 3.63) is 58.3 Å². The number of carbonyl (C=O) groups excluding carboxylic acids is 2. The van der Waals surface area contributed by atoms with E-state index in [9.17, 15) is 9.59 Å². The molecule has 1 aliphatic carbocycles. The summed E-state index contributed by atoms with van der Waals surface area (Å²) in [6.07, 6.45) is 4.77. The van der Waals surface area contributed by atoms with Crippen LogP contribution in [0.3, 0.4) is 0 Å². The second-order valence-corrected chi connectivity index (χ2v) is 7.21. The van der Waals surface area contributed by atoms with Crippen molar-refractivity contribution < 1.29 is 9.59 Å². The fraction of sp³-hybridized carbons (Fsp3) is 0.316. The van der Waals surface area contributed by atoms with Crippen LogP contribution >= 0.6 is 23.2 Å². The van der Waals surface area contributed by atoms with Crippen LogP contribution in [0.2, 0.25) is 10.0 Å². The molecule has 5 nitrogen and oxygen atoms in total. The number of carbonyl (C=O) groups is 2. The Labute approximate surface area is 162 Å². The van der Waals surface area contributed by atoms with Gasteiger partial charge in [0.1, 0.15) is 0 Å². The minimum atomic E-state index is -0.335. The fourth-order valence-corrected chi connectivity index (χ4v) is 3.32. The highest BCUT2D eigenvalue weighted by Crippen LogP contribution is 2.41. The number of nitrogens with one attached hydrogen (secondary N) is 1. The van der Waals surface area contributed by atoms with Crippen LogP contribution < -0.4 is 5.32 Å². The lowest BCUT2D eigenvalue weighted by Gasteiger charge is -2.17. The highest BCUT2D eigenvalue weighted by molar-refractivity contribution is 6.39. The highest BCUT2D eigenvalue weighted by atomic mass is 35.5. The quantitative estimate of drug-likeness (QED) is 0.816. The minimum absolute atomic E-state index is 0.00976. The molecule has 1 aromatic carbocycles. The smallest absolute Gasteiger partial charge is 0.228 e. The van der Waals surface area contributed by atoms with Crippen molar-refractivity contribution >= 4 is 40.7 Å². The van der Waals surface area contributed by atoms with Gasteiger partial charge in [-0.3, -0.25) is 14.6 Å². The predicted octanol–water partition coefficient (Wildman–Crippen LogP) is 3.66. The zero-order valence-electron chi connectivity index (χ0n) is 14.3. The first-order valence-electron chi connectivity index (χ1n) is 8.36. The lowest BCUT2D eigenvalue weighted by atomic mass is 10.2. The lowest BCUT2D eigenvalue weighted by Crippen LogP contribution is -2.31. The topological polar surface area (TPSA) is 62.3 Å². The molecule has 136 valence electrons. The number of nitrogens with zero attached hydrogens (tertiary/aromatic N) is 2. The van der Waals surface area contributed by atoms with Crippen LogP contribution in [0.25, 0.3) is 0 Å². The Bertz CT molecular complexity index is 793. The molecule has 1 aromatic heterocycles. The van der Waals surface area contributed by atoms with E-state index in [0.29, 0.717) is 28.7 Å². The summed E-state index contributed by atoms with van der Waals surface area (Å²) >= 11 is 12.1. The Morgan fingerprint density at radius 2 is 1.81 bits per heavy atom. The Hall–Kier alpha value is -2.11. The van der Waals surface area contributed by atoms with E-state index in [1.165, 1.54) is 0 Å². The fourth-order valence-electron chi connectivity index (χ4n) is 2.83. The van der Waals surface area contributed by atoms with Gasteiger partial charge in [-0.25, -0.2) is 0 Å². The van der Waals surface area contributed by atoms with Crippen molar-refractivity contribution in [3.63, 3.8) is 0 Å². The first-order chi connectivity index (χ1) is 12.5. The number of aromatic nitrogens is 1. The first kappa shape index (κ1) is 18.7. The number of benzene rings is 1. The summed E-state index contributed by atoms with van der Waals surface area (Å²) in [5.41, 5.74) is 1.52. The molecule has 7 heteroatoms. The molecule has 0 radical (unpaired) electrons. The number of rotatable bonds is 6. The third-order valence-electron chi connectivity index (χ3n) is 4.52. The molecule has 1 saturated carbocycles. The molecule has 1 heterocycles. The predicted molar refractivity (Wildman–Crippen MR) is 102 cm³/mol. The molecule has 2 aromatic rings. The van der Waals surface area contributed by atoms with E-state index in [1.54, 1.807) is 42.5 Å². The van der Waals surface area contributed by atoms with Crippen molar-refractivity contribution in [2.75, 3.05) is 18.9 Å². The molecular formula is C19H19Cl2N3O2. The Morgan fingerprint density at radius 3 is 2.46 bits per heavy atom. The number of hydrogen-bond acceptors (Lipinski definition) is 3. The largest absolute Gasteiger partial charge is 0.345 e. The van der Waals surface area contributed by atoms with Gasteiger partial charge in [-0.15, -0.1) is 0 Å². The Morgan fingerprint density at radius 1 is 1.15 bits per heavy atom. The number of halogens is 2. The molecule has 1 fully saturated rings. The first-order valence-corrected chi connectivity index (χ1v) is 9.11. The van der Waals surface area contributed by atoms with E-state index in [0.717, 1.165) is 12.0 Å². The molecule has 0 saturated heterocycles. The van der Waals surface area contributed by atoms with Gasteiger partial charge in [0, 0.05) is 26.0 Å². The normalized spacial score (nSPS) is 18.3. The van der Waals surface area contributed by atoms with Crippen LogP contribution in [0.15, 0.2) is 42.7 Å². The number of hydrogen-bond donors (Lipinski definition) is 1. The van der Waals surface area contributed by atoms with Crippen LogP contribution in [0, 0.1) is 11.8 Å². The van der Waals surface area contributed by atoms with Crippen molar-refractivity contribution in [1.82, 2.24) is 9.88 Å². The summed E-state index contributed by atoms with van der Waals surface area (Å²) < 4.78 is 0. The molecule has 2 amide bonds. The van der Waals surface area contributed by atoms with Gasteiger partial charge < -0.3 is 10.2 Å². The van der Waals surface area contributed by atoms with E-state index in [-0.39, 0.29) is 23.7 Å². The second-order valence-electron chi connectivity index (χ2n) is 6.40. The van der Waals surface area contributed by atoms with Gasteiger partial charge in [0.05, 0.1) is 27.6 Å². The van der Waals surface area contributed by atoms with Crippen molar-refractivity contribution in [2.24, 2.45) is 11.8 Å². The standard InChI is InChI=1S/C19H19Cl2N3O2/c1-24(10-7-12-5-8-22-9-6-12)19(26)14-11-13(14)18(25)23-17-15(20)3-2-4-16(17)21/h2-6,8-9,13-14H,7,10-11H2,1H3,(H,23,25). The number of para-hydroxylation sites is 1. The zero-order valence-corrected chi connectivity index (χ0v) is 15.8. The van der Waals surface area contributed by atoms with E-state index in [2.05, 4.69) is 10.3 Å². The summed E-state index contributed by atoms with van der Waals surface area (Å²) in [5.74, 6) is -0.845. The monoisotopic (exact) mass is 391 g/mol.